The Hall–Kier alpha value is -2.17. The molecule has 0 bridgehead atoms. The molecular formula is C21H24N2O2. The van der Waals surface area contributed by atoms with E-state index in [1.54, 1.807) is 0 Å². The highest BCUT2D eigenvalue weighted by molar-refractivity contribution is 5.89. The summed E-state index contributed by atoms with van der Waals surface area (Å²) in [5.74, 6) is 0.772. The molecule has 2 aromatic carbocycles. The van der Waals surface area contributed by atoms with Crippen LogP contribution in [0, 0.1) is 5.92 Å². The molecule has 0 amide bonds. The van der Waals surface area contributed by atoms with E-state index in [2.05, 4.69) is 34.7 Å². The molecule has 0 spiro atoms. The Morgan fingerprint density at radius 1 is 1.08 bits per heavy atom. The molecule has 0 radical (unpaired) electrons. The summed E-state index contributed by atoms with van der Waals surface area (Å²) < 4.78 is 5.65. The zero-order valence-electron chi connectivity index (χ0n) is 14.4. The molecule has 1 fully saturated rings. The third-order valence-electron chi connectivity index (χ3n) is 5.31. The molecule has 3 aromatic rings. The summed E-state index contributed by atoms with van der Waals surface area (Å²) in [5, 5.41) is 18.7. The molecule has 1 saturated heterocycles. The minimum atomic E-state index is -0.0511. The number of aromatic nitrogens is 1. The van der Waals surface area contributed by atoms with Crippen LogP contribution < -0.4 is 5.32 Å². The zero-order chi connectivity index (χ0) is 17.1. The molecule has 1 aliphatic heterocycles. The smallest absolute Gasteiger partial charge is 0.173 e. The minimum absolute atomic E-state index is 0.0511. The third-order valence-corrected chi connectivity index (χ3v) is 5.31. The van der Waals surface area contributed by atoms with Crippen molar-refractivity contribution in [3.8, 4) is 11.1 Å². The van der Waals surface area contributed by atoms with Gasteiger partial charge in [-0.05, 0) is 61.9 Å². The summed E-state index contributed by atoms with van der Waals surface area (Å²) in [6, 6.07) is 14.3. The summed E-state index contributed by atoms with van der Waals surface area (Å²) in [6.45, 7) is 2.20. The normalized spacial score (nSPS) is 15.7. The highest BCUT2D eigenvalue weighted by Crippen LogP contribution is 2.32. The second-order valence-corrected chi connectivity index (χ2v) is 6.85. The van der Waals surface area contributed by atoms with Gasteiger partial charge in [0.2, 0.25) is 0 Å². The molecule has 2 heterocycles. The maximum Gasteiger partial charge on any atom is 0.173 e. The summed E-state index contributed by atoms with van der Waals surface area (Å²) in [6.07, 6.45) is 4.58. The largest absolute Gasteiger partial charge is 0.392 e. The SMILES string of the molecule is OCc1c(-c2ccccc2)ccc2c(CCC3CCNCC3)noc12. The molecule has 4 nitrogen and oxygen atoms in total. The lowest BCUT2D eigenvalue weighted by atomic mass is 9.91. The molecule has 0 atom stereocenters. The van der Waals surface area contributed by atoms with Gasteiger partial charge in [0, 0.05) is 10.9 Å². The lowest BCUT2D eigenvalue weighted by Crippen LogP contribution is -2.27. The molecule has 0 aliphatic carbocycles. The Morgan fingerprint density at radius 2 is 1.88 bits per heavy atom. The summed E-state index contributed by atoms with van der Waals surface area (Å²) in [4.78, 5) is 0. The standard InChI is InChI=1S/C21H24N2O2/c24-14-19-17(16-4-2-1-3-5-16)7-8-18-20(23-25-21(18)19)9-6-15-10-12-22-13-11-15/h1-5,7-8,15,22,24H,6,9-14H2. The Bertz CT molecular complexity index is 836. The minimum Gasteiger partial charge on any atom is -0.392 e. The number of benzene rings is 2. The number of nitrogens with zero attached hydrogens (tertiary/aromatic N) is 1. The number of hydrogen-bond acceptors (Lipinski definition) is 4. The van der Waals surface area contributed by atoms with Gasteiger partial charge in [-0.15, -0.1) is 0 Å². The molecule has 4 heteroatoms. The number of nitrogens with one attached hydrogen (secondary N) is 1. The second-order valence-electron chi connectivity index (χ2n) is 6.85. The van der Waals surface area contributed by atoms with Crippen molar-refractivity contribution in [3.63, 3.8) is 0 Å². The van der Waals surface area contributed by atoms with Gasteiger partial charge in [0.25, 0.3) is 0 Å². The predicted molar refractivity (Wildman–Crippen MR) is 99.3 cm³/mol. The Balaban J connectivity index is 1.63. The van der Waals surface area contributed by atoms with Crippen molar-refractivity contribution < 1.29 is 9.63 Å². The third kappa shape index (κ3) is 3.32. The average molecular weight is 336 g/mol. The van der Waals surface area contributed by atoms with Crippen LogP contribution >= 0.6 is 0 Å². The van der Waals surface area contributed by atoms with Crippen molar-refractivity contribution in [2.75, 3.05) is 13.1 Å². The number of aliphatic hydroxyl groups is 1. The van der Waals surface area contributed by atoms with E-state index < -0.39 is 0 Å². The van der Waals surface area contributed by atoms with Gasteiger partial charge in [0.05, 0.1) is 12.3 Å². The fourth-order valence-corrected chi connectivity index (χ4v) is 3.85. The van der Waals surface area contributed by atoms with Crippen LogP contribution in [0.15, 0.2) is 47.0 Å². The maximum absolute atomic E-state index is 9.93. The van der Waals surface area contributed by atoms with E-state index in [1.165, 1.54) is 12.8 Å². The van der Waals surface area contributed by atoms with Gasteiger partial charge < -0.3 is 14.9 Å². The van der Waals surface area contributed by atoms with Gasteiger partial charge in [0.1, 0.15) is 0 Å². The lowest BCUT2D eigenvalue weighted by molar-refractivity contribution is 0.281. The van der Waals surface area contributed by atoms with Crippen LogP contribution in [-0.2, 0) is 13.0 Å². The Kier molecular flexibility index (Phi) is 4.81. The first kappa shape index (κ1) is 16.3. The van der Waals surface area contributed by atoms with Crippen molar-refractivity contribution in [1.82, 2.24) is 10.5 Å². The van der Waals surface area contributed by atoms with Crippen molar-refractivity contribution in [3.05, 3.63) is 53.7 Å². The van der Waals surface area contributed by atoms with E-state index in [1.807, 2.05) is 18.2 Å². The summed E-state index contributed by atoms with van der Waals surface area (Å²) >= 11 is 0. The van der Waals surface area contributed by atoms with E-state index in [-0.39, 0.29) is 6.61 Å². The topological polar surface area (TPSA) is 58.3 Å². The van der Waals surface area contributed by atoms with Gasteiger partial charge in [0.15, 0.2) is 5.58 Å². The van der Waals surface area contributed by atoms with Crippen LogP contribution in [0.3, 0.4) is 0 Å². The van der Waals surface area contributed by atoms with E-state index in [4.69, 9.17) is 4.52 Å². The van der Waals surface area contributed by atoms with Gasteiger partial charge in [-0.3, -0.25) is 0 Å². The monoisotopic (exact) mass is 336 g/mol. The van der Waals surface area contributed by atoms with Crippen LogP contribution in [0.5, 0.6) is 0 Å². The second kappa shape index (κ2) is 7.38. The molecular weight excluding hydrogens is 312 g/mol. The molecule has 1 aliphatic rings. The quantitative estimate of drug-likeness (QED) is 0.741. The number of fused-ring (bicyclic) bond motifs is 1. The fraction of sp³-hybridized carbons (Fsp3) is 0.381. The summed E-state index contributed by atoms with van der Waals surface area (Å²) in [7, 11) is 0. The molecule has 2 N–H and O–H groups in total. The molecule has 4 rings (SSSR count). The van der Waals surface area contributed by atoms with E-state index in [9.17, 15) is 5.11 Å². The number of hydrogen-bond donors (Lipinski definition) is 2. The van der Waals surface area contributed by atoms with E-state index in [0.29, 0.717) is 0 Å². The van der Waals surface area contributed by atoms with E-state index >= 15 is 0 Å². The highest BCUT2D eigenvalue weighted by Gasteiger charge is 2.18. The van der Waals surface area contributed by atoms with Crippen LogP contribution in [0.4, 0.5) is 0 Å². The van der Waals surface area contributed by atoms with Gasteiger partial charge in [-0.2, -0.15) is 0 Å². The van der Waals surface area contributed by atoms with Crippen LogP contribution in [0.1, 0.15) is 30.5 Å². The summed E-state index contributed by atoms with van der Waals surface area (Å²) in [5.41, 5.74) is 4.66. The first-order valence-corrected chi connectivity index (χ1v) is 9.14. The highest BCUT2D eigenvalue weighted by atomic mass is 16.5. The lowest BCUT2D eigenvalue weighted by Gasteiger charge is -2.21. The van der Waals surface area contributed by atoms with Gasteiger partial charge >= 0.3 is 0 Å². The maximum atomic E-state index is 9.93. The van der Waals surface area contributed by atoms with Gasteiger partial charge in [-0.25, -0.2) is 0 Å². The van der Waals surface area contributed by atoms with E-state index in [0.717, 1.165) is 65.2 Å². The first-order chi connectivity index (χ1) is 12.4. The van der Waals surface area contributed by atoms with Gasteiger partial charge in [-0.1, -0.05) is 41.6 Å². The Morgan fingerprint density at radius 3 is 2.64 bits per heavy atom. The van der Waals surface area contributed by atoms with Crippen molar-refractivity contribution in [2.45, 2.75) is 32.3 Å². The van der Waals surface area contributed by atoms with Crippen LogP contribution in [0.2, 0.25) is 0 Å². The Labute approximate surface area is 147 Å². The van der Waals surface area contributed by atoms with Crippen LogP contribution in [-0.4, -0.2) is 23.4 Å². The van der Waals surface area contributed by atoms with Crippen molar-refractivity contribution in [1.29, 1.82) is 0 Å². The average Bonchev–Trinajstić information content (AvgIpc) is 3.10. The number of piperidine rings is 1. The predicted octanol–water partition coefficient (Wildman–Crippen LogP) is 3.92. The molecule has 1 aromatic heterocycles. The molecule has 0 saturated carbocycles. The van der Waals surface area contributed by atoms with Crippen LogP contribution in [0.25, 0.3) is 22.1 Å². The first-order valence-electron chi connectivity index (χ1n) is 9.14. The fourth-order valence-electron chi connectivity index (χ4n) is 3.85. The number of aryl methyl sites for hydroxylation is 1. The molecule has 0 unspecified atom stereocenters. The van der Waals surface area contributed by atoms with Crippen molar-refractivity contribution >= 4 is 11.0 Å². The molecule has 130 valence electrons. The van der Waals surface area contributed by atoms with Crippen molar-refractivity contribution in [2.24, 2.45) is 5.92 Å². The zero-order valence-corrected chi connectivity index (χ0v) is 14.4. The number of rotatable bonds is 5. The number of aliphatic hydroxyl groups excluding tert-OH is 1. The molecule has 25 heavy (non-hydrogen) atoms.